The molecule has 0 aliphatic heterocycles. The summed E-state index contributed by atoms with van der Waals surface area (Å²) in [4.78, 5) is 0. The van der Waals surface area contributed by atoms with E-state index in [0.717, 1.165) is 21.1 Å². The zero-order chi connectivity index (χ0) is 12.6. The second-order valence-corrected chi connectivity index (χ2v) is 7.34. The van der Waals surface area contributed by atoms with Crippen LogP contribution in [0.15, 0.2) is 28.7 Å². The van der Waals surface area contributed by atoms with Crippen LogP contribution in [-0.4, -0.2) is 18.7 Å². The largest absolute Gasteiger partial charge is 0.347 e. The summed E-state index contributed by atoms with van der Waals surface area (Å²) in [6, 6.07) is 7.88. The normalized spacial score (nSPS) is 12.2. The van der Waals surface area contributed by atoms with Crippen LogP contribution in [0.2, 0.25) is 0 Å². The van der Waals surface area contributed by atoms with Gasteiger partial charge in [0.2, 0.25) is 0 Å². The van der Waals surface area contributed by atoms with Gasteiger partial charge in [-0.2, -0.15) is 0 Å². The van der Waals surface area contributed by atoms with Crippen molar-refractivity contribution >= 4 is 36.7 Å². The van der Waals surface area contributed by atoms with Crippen molar-refractivity contribution in [2.75, 3.05) is 5.75 Å². The zero-order valence-corrected chi connectivity index (χ0v) is 12.2. The fourth-order valence-corrected chi connectivity index (χ4v) is 3.11. The molecule has 3 nitrogen and oxygen atoms in total. The van der Waals surface area contributed by atoms with Gasteiger partial charge in [-0.1, -0.05) is 28.9 Å². The minimum absolute atomic E-state index is 0.103. The number of aryl methyl sites for hydroxylation is 1. The molecule has 0 N–H and O–H groups in total. The Morgan fingerprint density at radius 2 is 2.00 bits per heavy atom. The van der Waals surface area contributed by atoms with Crippen molar-refractivity contribution in [1.82, 2.24) is 4.57 Å². The average molecular weight is 316 g/mol. The number of sulfone groups is 1. The first-order chi connectivity index (χ1) is 7.93. The molecule has 1 heterocycles. The molecule has 0 saturated carbocycles. The number of aromatic nitrogens is 1. The molecule has 0 unspecified atom stereocenters. The molecule has 0 bridgehead atoms. The molecule has 92 valence electrons. The summed E-state index contributed by atoms with van der Waals surface area (Å²) >= 11 is 3.42. The molecule has 0 fully saturated rings. The Balaban J connectivity index is 2.53. The third-order valence-electron chi connectivity index (χ3n) is 2.91. The standard InChI is InChI=1S/C12H14BrNO2S/c1-3-17(15,16)8-11-6-9-4-5-10(13)7-12(9)14(11)2/h4-7H,3,8H2,1-2H3. The van der Waals surface area contributed by atoms with Crippen LogP contribution >= 0.6 is 15.9 Å². The van der Waals surface area contributed by atoms with Gasteiger partial charge in [0.05, 0.1) is 5.75 Å². The molecule has 0 spiro atoms. The summed E-state index contributed by atoms with van der Waals surface area (Å²) in [7, 11) is -1.09. The third-order valence-corrected chi connectivity index (χ3v) is 5.02. The van der Waals surface area contributed by atoms with E-state index in [4.69, 9.17) is 0 Å². The van der Waals surface area contributed by atoms with E-state index in [1.54, 1.807) is 6.92 Å². The third kappa shape index (κ3) is 2.55. The fourth-order valence-electron chi connectivity index (χ4n) is 1.83. The van der Waals surface area contributed by atoms with E-state index in [1.807, 2.05) is 35.9 Å². The number of hydrogen-bond donors (Lipinski definition) is 0. The van der Waals surface area contributed by atoms with Gasteiger partial charge in [0, 0.05) is 28.5 Å². The number of benzene rings is 1. The Bertz CT molecular complexity index is 658. The van der Waals surface area contributed by atoms with Gasteiger partial charge < -0.3 is 4.57 Å². The maximum Gasteiger partial charge on any atom is 0.155 e. The van der Waals surface area contributed by atoms with Gasteiger partial charge in [-0.25, -0.2) is 8.42 Å². The highest BCUT2D eigenvalue weighted by Gasteiger charge is 2.13. The molecule has 0 atom stereocenters. The lowest BCUT2D eigenvalue weighted by atomic mass is 10.2. The van der Waals surface area contributed by atoms with Crippen molar-refractivity contribution < 1.29 is 8.42 Å². The van der Waals surface area contributed by atoms with Crippen LogP contribution in [0.1, 0.15) is 12.6 Å². The second kappa shape index (κ2) is 4.46. The van der Waals surface area contributed by atoms with E-state index >= 15 is 0 Å². The lowest BCUT2D eigenvalue weighted by molar-refractivity contribution is 0.595. The highest BCUT2D eigenvalue weighted by atomic mass is 79.9. The first kappa shape index (κ1) is 12.6. The van der Waals surface area contributed by atoms with Gasteiger partial charge in [-0.15, -0.1) is 0 Å². The van der Waals surface area contributed by atoms with Gasteiger partial charge in [-0.3, -0.25) is 0 Å². The van der Waals surface area contributed by atoms with E-state index in [-0.39, 0.29) is 11.5 Å². The number of halogens is 1. The number of nitrogens with zero attached hydrogens (tertiary/aromatic N) is 1. The smallest absolute Gasteiger partial charge is 0.155 e. The Morgan fingerprint density at radius 1 is 1.29 bits per heavy atom. The first-order valence-electron chi connectivity index (χ1n) is 5.37. The Kier molecular flexibility index (Phi) is 3.32. The van der Waals surface area contributed by atoms with Crippen molar-refractivity contribution in [3.8, 4) is 0 Å². The van der Waals surface area contributed by atoms with Crippen LogP contribution in [0, 0.1) is 0 Å². The zero-order valence-electron chi connectivity index (χ0n) is 9.77. The fraction of sp³-hybridized carbons (Fsp3) is 0.333. The van der Waals surface area contributed by atoms with Crippen LogP contribution in [0.4, 0.5) is 0 Å². The molecule has 0 aliphatic rings. The van der Waals surface area contributed by atoms with Crippen molar-refractivity contribution in [2.24, 2.45) is 7.05 Å². The average Bonchev–Trinajstić information content (AvgIpc) is 2.56. The van der Waals surface area contributed by atoms with Crippen molar-refractivity contribution in [3.63, 3.8) is 0 Å². The predicted molar refractivity (Wildman–Crippen MR) is 73.8 cm³/mol. The number of fused-ring (bicyclic) bond motifs is 1. The molecule has 5 heteroatoms. The van der Waals surface area contributed by atoms with Crippen LogP contribution in [0.5, 0.6) is 0 Å². The van der Waals surface area contributed by atoms with Crippen LogP contribution in [-0.2, 0) is 22.6 Å². The Labute approximate surface area is 109 Å². The van der Waals surface area contributed by atoms with Crippen molar-refractivity contribution in [3.05, 3.63) is 34.4 Å². The molecule has 1 aromatic heterocycles. The summed E-state index contributed by atoms with van der Waals surface area (Å²) < 4.78 is 26.2. The van der Waals surface area contributed by atoms with Gasteiger partial charge in [-0.05, 0) is 23.6 Å². The Morgan fingerprint density at radius 3 is 2.65 bits per heavy atom. The van der Waals surface area contributed by atoms with Gasteiger partial charge in [0.15, 0.2) is 9.84 Å². The van der Waals surface area contributed by atoms with Crippen molar-refractivity contribution in [2.45, 2.75) is 12.7 Å². The van der Waals surface area contributed by atoms with Gasteiger partial charge in [0.25, 0.3) is 0 Å². The first-order valence-corrected chi connectivity index (χ1v) is 7.98. The SMILES string of the molecule is CCS(=O)(=O)Cc1cc2ccc(Br)cc2n1C. The van der Waals surface area contributed by atoms with E-state index in [1.165, 1.54) is 0 Å². The minimum atomic E-state index is -2.99. The molecule has 0 aliphatic carbocycles. The molecule has 2 aromatic rings. The van der Waals surface area contributed by atoms with Crippen LogP contribution in [0.25, 0.3) is 10.9 Å². The van der Waals surface area contributed by atoms with Gasteiger partial charge in [0.1, 0.15) is 0 Å². The predicted octanol–water partition coefficient (Wildman–Crippen LogP) is 2.88. The van der Waals surface area contributed by atoms with Crippen LogP contribution < -0.4 is 0 Å². The molecule has 0 radical (unpaired) electrons. The summed E-state index contributed by atoms with van der Waals surface area (Å²) in [5.74, 6) is 0.282. The number of rotatable bonds is 3. The summed E-state index contributed by atoms with van der Waals surface area (Å²) in [5, 5.41) is 1.07. The summed E-state index contributed by atoms with van der Waals surface area (Å²) in [6.07, 6.45) is 0. The highest BCUT2D eigenvalue weighted by molar-refractivity contribution is 9.10. The molecule has 0 amide bonds. The monoisotopic (exact) mass is 315 g/mol. The molecular weight excluding hydrogens is 302 g/mol. The van der Waals surface area contributed by atoms with E-state index in [2.05, 4.69) is 15.9 Å². The second-order valence-electron chi connectivity index (χ2n) is 4.07. The number of hydrogen-bond acceptors (Lipinski definition) is 2. The summed E-state index contributed by atoms with van der Waals surface area (Å²) in [5.41, 5.74) is 1.88. The Hall–Kier alpha value is -0.810. The molecule has 2 rings (SSSR count). The minimum Gasteiger partial charge on any atom is -0.347 e. The molecule has 0 saturated heterocycles. The van der Waals surface area contributed by atoms with E-state index < -0.39 is 9.84 Å². The maximum absolute atomic E-state index is 11.6. The lowest BCUT2D eigenvalue weighted by Gasteiger charge is -2.04. The topological polar surface area (TPSA) is 39.1 Å². The quantitative estimate of drug-likeness (QED) is 0.873. The van der Waals surface area contributed by atoms with Crippen LogP contribution in [0.3, 0.4) is 0 Å². The van der Waals surface area contributed by atoms with Gasteiger partial charge >= 0.3 is 0 Å². The molecule has 17 heavy (non-hydrogen) atoms. The van der Waals surface area contributed by atoms with Crippen molar-refractivity contribution in [1.29, 1.82) is 0 Å². The highest BCUT2D eigenvalue weighted by Crippen LogP contribution is 2.23. The van der Waals surface area contributed by atoms with E-state index in [9.17, 15) is 8.42 Å². The summed E-state index contributed by atoms with van der Waals surface area (Å²) in [6.45, 7) is 1.68. The molecule has 1 aromatic carbocycles. The lowest BCUT2D eigenvalue weighted by Crippen LogP contribution is -2.09. The molecular formula is C12H14BrNO2S. The van der Waals surface area contributed by atoms with E-state index in [0.29, 0.717) is 0 Å². The maximum atomic E-state index is 11.6.